The van der Waals surface area contributed by atoms with Crippen LogP contribution < -0.4 is 0 Å². The van der Waals surface area contributed by atoms with Gasteiger partial charge >= 0.3 is 11.9 Å². The molecule has 1 aliphatic heterocycles. The molecule has 4 rings (SSSR count). The molecule has 3 saturated carbocycles. The van der Waals surface area contributed by atoms with Crippen LogP contribution in [0.5, 0.6) is 0 Å². The quantitative estimate of drug-likeness (QED) is 0.749. The van der Waals surface area contributed by atoms with Crippen LogP contribution in [0.4, 0.5) is 0 Å². The molecule has 4 heteroatoms. The minimum atomic E-state index is -0.366. The Hall–Kier alpha value is -1.06. The third-order valence-electron chi connectivity index (χ3n) is 6.79. The Morgan fingerprint density at radius 3 is 2.52 bits per heavy atom. The van der Waals surface area contributed by atoms with Crippen LogP contribution in [-0.4, -0.2) is 24.1 Å². The number of esters is 2. The van der Waals surface area contributed by atoms with Gasteiger partial charge in [0.2, 0.25) is 0 Å². The Labute approximate surface area is 138 Å². The van der Waals surface area contributed by atoms with Crippen molar-refractivity contribution in [1.82, 2.24) is 0 Å². The van der Waals surface area contributed by atoms with Crippen LogP contribution in [0.1, 0.15) is 60.3 Å². The van der Waals surface area contributed by atoms with Crippen LogP contribution in [0, 0.1) is 34.0 Å². The zero-order valence-corrected chi connectivity index (χ0v) is 14.8. The average Bonchev–Trinajstić information content (AvgIpc) is 2.75. The van der Waals surface area contributed by atoms with Crippen molar-refractivity contribution in [2.24, 2.45) is 34.0 Å². The van der Waals surface area contributed by atoms with E-state index in [-0.39, 0.29) is 52.2 Å². The van der Waals surface area contributed by atoms with Gasteiger partial charge in [-0.3, -0.25) is 9.59 Å². The van der Waals surface area contributed by atoms with Gasteiger partial charge in [-0.15, -0.1) is 0 Å². The second kappa shape index (κ2) is 4.31. The molecule has 0 aromatic carbocycles. The second-order valence-corrected chi connectivity index (χ2v) is 10.2. The Morgan fingerprint density at radius 1 is 1.30 bits per heavy atom. The maximum atomic E-state index is 13.0. The summed E-state index contributed by atoms with van der Waals surface area (Å²) in [6, 6.07) is 0. The van der Waals surface area contributed by atoms with Crippen LogP contribution in [0.25, 0.3) is 0 Å². The summed E-state index contributed by atoms with van der Waals surface area (Å²) in [7, 11) is 0. The van der Waals surface area contributed by atoms with Gasteiger partial charge in [0.1, 0.15) is 12.2 Å². The molecule has 4 fully saturated rings. The third-order valence-corrected chi connectivity index (χ3v) is 6.79. The number of rotatable bonds is 3. The summed E-state index contributed by atoms with van der Waals surface area (Å²) in [6.45, 7) is 10.9. The maximum Gasteiger partial charge on any atom is 0.313 e. The van der Waals surface area contributed by atoms with Gasteiger partial charge < -0.3 is 9.47 Å². The van der Waals surface area contributed by atoms with Crippen LogP contribution in [0.2, 0.25) is 0 Å². The van der Waals surface area contributed by atoms with E-state index in [1.165, 1.54) is 0 Å². The zero-order chi connectivity index (χ0) is 16.8. The fraction of sp³-hybridized carbons (Fsp3) is 0.895. The smallest absolute Gasteiger partial charge is 0.313 e. The van der Waals surface area contributed by atoms with Crippen molar-refractivity contribution in [1.29, 1.82) is 0 Å². The van der Waals surface area contributed by atoms with E-state index in [2.05, 4.69) is 34.6 Å². The van der Waals surface area contributed by atoms with Gasteiger partial charge in [-0.1, -0.05) is 34.6 Å². The van der Waals surface area contributed by atoms with E-state index >= 15 is 0 Å². The normalized spacial score (nSPS) is 46.0. The van der Waals surface area contributed by atoms with E-state index in [1.807, 2.05) is 0 Å². The molecule has 1 heterocycles. The number of carbonyl (C=O) groups excluding carboxylic acids is 2. The molecule has 128 valence electrons. The Morgan fingerprint density at radius 2 is 1.96 bits per heavy atom. The van der Waals surface area contributed by atoms with Crippen molar-refractivity contribution in [3.05, 3.63) is 0 Å². The lowest BCUT2D eigenvalue weighted by atomic mass is 9.79. The molecule has 1 saturated heterocycles. The third kappa shape index (κ3) is 2.09. The monoisotopic (exact) mass is 320 g/mol. The summed E-state index contributed by atoms with van der Waals surface area (Å²) in [5, 5.41) is 0. The summed E-state index contributed by atoms with van der Waals surface area (Å²) in [6.07, 6.45) is 3.18. The molecule has 2 bridgehead atoms. The minimum absolute atomic E-state index is 0.00384. The molecule has 0 spiro atoms. The van der Waals surface area contributed by atoms with Crippen molar-refractivity contribution in [2.45, 2.75) is 72.5 Å². The molecule has 3 aliphatic carbocycles. The highest BCUT2D eigenvalue weighted by molar-refractivity contribution is 5.82. The highest BCUT2D eigenvalue weighted by Crippen LogP contribution is 2.69. The van der Waals surface area contributed by atoms with E-state index in [9.17, 15) is 9.59 Å². The maximum absolute atomic E-state index is 13.0. The van der Waals surface area contributed by atoms with E-state index in [1.54, 1.807) is 0 Å². The van der Waals surface area contributed by atoms with Crippen molar-refractivity contribution >= 4 is 11.9 Å². The first kappa shape index (κ1) is 15.5. The SMILES string of the molecule is CC(C)(C)CC1(C(=O)OC2C3CC4C(=O)OC2C4C3)CC1(C)C. The molecule has 0 aromatic rings. The summed E-state index contributed by atoms with van der Waals surface area (Å²) in [5.74, 6) is 0.544. The van der Waals surface area contributed by atoms with E-state index < -0.39 is 0 Å². The molecule has 23 heavy (non-hydrogen) atoms. The van der Waals surface area contributed by atoms with E-state index in [4.69, 9.17) is 9.47 Å². The minimum Gasteiger partial charge on any atom is -0.458 e. The summed E-state index contributed by atoms with van der Waals surface area (Å²) >= 11 is 0. The molecule has 0 N–H and O–H groups in total. The highest BCUT2D eigenvalue weighted by atomic mass is 16.6. The molecule has 0 radical (unpaired) electrons. The van der Waals surface area contributed by atoms with Crippen molar-refractivity contribution in [2.75, 3.05) is 0 Å². The lowest BCUT2D eigenvalue weighted by Gasteiger charge is -2.31. The fourth-order valence-corrected chi connectivity index (χ4v) is 5.64. The van der Waals surface area contributed by atoms with Gasteiger partial charge in [-0.05, 0) is 36.5 Å². The number of carbonyl (C=O) groups is 2. The zero-order valence-electron chi connectivity index (χ0n) is 14.8. The van der Waals surface area contributed by atoms with Crippen molar-refractivity contribution in [3.63, 3.8) is 0 Å². The predicted octanol–water partition coefficient (Wildman–Crippen LogP) is 3.33. The van der Waals surface area contributed by atoms with Gasteiger partial charge in [0, 0.05) is 11.8 Å². The first-order valence-electron chi connectivity index (χ1n) is 8.96. The van der Waals surface area contributed by atoms with Gasteiger partial charge in [-0.25, -0.2) is 0 Å². The first-order valence-corrected chi connectivity index (χ1v) is 8.96. The second-order valence-electron chi connectivity index (χ2n) is 10.2. The predicted molar refractivity (Wildman–Crippen MR) is 84.4 cm³/mol. The van der Waals surface area contributed by atoms with Gasteiger partial charge in [-0.2, -0.15) is 0 Å². The summed E-state index contributed by atoms with van der Waals surface area (Å²) < 4.78 is 11.5. The number of hydrogen-bond acceptors (Lipinski definition) is 4. The standard InChI is InChI=1S/C19H28O4/c1-17(2,3)8-19(9-18(19,4)5)16(21)23-13-10-6-11-12(7-10)15(20)22-14(11)13/h10-14H,6-9H2,1-5H3. The van der Waals surface area contributed by atoms with Crippen LogP contribution in [0.15, 0.2) is 0 Å². The summed E-state index contributed by atoms with van der Waals surface area (Å²) in [4.78, 5) is 24.9. The summed E-state index contributed by atoms with van der Waals surface area (Å²) in [5.41, 5.74) is -0.272. The Kier molecular flexibility index (Phi) is 2.90. The van der Waals surface area contributed by atoms with E-state index in [0.717, 1.165) is 25.7 Å². The van der Waals surface area contributed by atoms with Crippen molar-refractivity contribution < 1.29 is 19.1 Å². The lowest BCUT2D eigenvalue weighted by Crippen LogP contribution is -2.39. The molecule has 0 amide bonds. The van der Waals surface area contributed by atoms with Crippen LogP contribution in [0.3, 0.4) is 0 Å². The topological polar surface area (TPSA) is 52.6 Å². The van der Waals surface area contributed by atoms with Crippen LogP contribution >= 0.6 is 0 Å². The molecular weight excluding hydrogens is 292 g/mol. The van der Waals surface area contributed by atoms with Gasteiger partial charge in [0.15, 0.2) is 0 Å². The molecule has 6 atom stereocenters. The number of hydrogen-bond donors (Lipinski definition) is 0. The largest absolute Gasteiger partial charge is 0.458 e. The Balaban J connectivity index is 1.51. The molecule has 4 nitrogen and oxygen atoms in total. The first-order chi connectivity index (χ1) is 10.5. The van der Waals surface area contributed by atoms with Crippen LogP contribution in [-0.2, 0) is 19.1 Å². The Bertz CT molecular complexity index is 572. The van der Waals surface area contributed by atoms with E-state index in [0.29, 0.717) is 5.92 Å². The van der Waals surface area contributed by atoms with Gasteiger partial charge in [0.05, 0.1) is 11.3 Å². The van der Waals surface area contributed by atoms with Gasteiger partial charge in [0.25, 0.3) is 0 Å². The fourth-order valence-electron chi connectivity index (χ4n) is 5.64. The van der Waals surface area contributed by atoms with Crippen molar-refractivity contribution in [3.8, 4) is 0 Å². The number of ether oxygens (including phenoxy) is 2. The molecule has 4 aliphatic rings. The lowest BCUT2D eigenvalue weighted by molar-refractivity contribution is -0.169. The average molecular weight is 320 g/mol. The molecule has 0 aromatic heterocycles. The number of fused-ring (bicyclic) bond motifs is 1. The molecule has 6 unspecified atom stereocenters. The highest BCUT2D eigenvalue weighted by Gasteiger charge is 2.70. The molecular formula is C19H28O4.